The largest absolute Gasteiger partial charge is 0.381 e. The fourth-order valence-corrected chi connectivity index (χ4v) is 2.80. The van der Waals surface area contributed by atoms with Gasteiger partial charge in [0.2, 0.25) is 0 Å². The molecule has 0 bridgehead atoms. The quantitative estimate of drug-likeness (QED) is 0.771. The first kappa shape index (κ1) is 11.1. The van der Waals surface area contributed by atoms with Crippen LogP contribution in [0.25, 0.3) is 0 Å². The highest BCUT2D eigenvalue weighted by Crippen LogP contribution is 2.20. The zero-order chi connectivity index (χ0) is 11.5. The molecule has 0 N–H and O–H groups in total. The van der Waals surface area contributed by atoms with Gasteiger partial charge in [0, 0.05) is 50.1 Å². The summed E-state index contributed by atoms with van der Waals surface area (Å²) in [6.45, 7) is 5.18. The monoisotopic (exact) mass is 233 g/mol. The van der Waals surface area contributed by atoms with Crippen LogP contribution in [0, 0.1) is 5.92 Å². The van der Waals surface area contributed by atoms with Gasteiger partial charge in [-0.1, -0.05) is 0 Å². The van der Waals surface area contributed by atoms with Gasteiger partial charge in [-0.05, 0) is 18.8 Å². The minimum Gasteiger partial charge on any atom is -0.381 e. The summed E-state index contributed by atoms with van der Waals surface area (Å²) < 4.78 is 5.54. The molecular weight excluding hydrogens is 214 g/mol. The van der Waals surface area contributed by atoms with Gasteiger partial charge in [-0.2, -0.15) is 0 Å². The predicted octanol–water partition coefficient (Wildman–Crippen LogP) is 1.26. The lowest BCUT2D eigenvalue weighted by molar-refractivity contribution is 0.0363. The van der Waals surface area contributed by atoms with Crippen LogP contribution in [0.3, 0.4) is 0 Å². The van der Waals surface area contributed by atoms with E-state index in [1.807, 2.05) is 6.20 Å². The lowest BCUT2D eigenvalue weighted by Crippen LogP contribution is -2.37. The summed E-state index contributed by atoms with van der Waals surface area (Å²) in [5.41, 5.74) is 2.53. The molecule has 4 heteroatoms. The van der Waals surface area contributed by atoms with Gasteiger partial charge in [0.05, 0.1) is 6.61 Å². The van der Waals surface area contributed by atoms with Crippen LogP contribution in [0.1, 0.15) is 24.1 Å². The first-order valence-corrected chi connectivity index (χ1v) is 6.49. The van der Waals surface area contributed by atoms with E-state index in [2.05, 4.69) is 14.9 Å². The maximum atomic E-state index is 5.54. The van der Waals surface area contributed by atoms with Crippen LogP contribution in [0.15, 0.2) is 12.5 Å². The van der Waals surface area contributed by atoms with E-state index in [1.165, 1.54) is 24.1 Å². The molecule has 4 nitrogen and oxygen atoms in total. The van der Waals surface area contributed by atoms with E-state index >= 15 is 0 Å². The Morgan fingerprint density at radius 3 is 3.35 bits per heavy atom. The average molecular weight is 233 g/mol. The van der Waals surface area contributed by atoms with Crippen LogP contribution >= 0.6 is 0 Å². The third kappa shape index (κ3) is 2.64. The molecule has 1 aromatic rings. The molecule has 1 atom stereocenters. The van der Waals surface area contributed by atoms with Crippen molar-refractivity contribution >= 4 is 0 Å². The molecule has 0 radical (unpaired) electrons. The number of fused-ring (bicyclic) bond motifs is 1. The molecule has 0 aromatic carbocycles. The van der Waals surface area contributed by atoms with E-state index in [0.29, 0.717) is 0 Å². The fourth-order valence-electron chi connectivity index (χ4n) is 2.80. The molecule has 2 aliphatic rings. The minimum atomic E-state index is 0.718. The summed E-state index contributed by atoms with van der Waals surface area (Å²) in [7, 11) is 0. The van der Waals surface area contributed by atoms with Crippen LogP contribution in [0.2, 0.25) is 0 Å². The number of aromatic nitrogens is 2. The maximum absolute atomic E-state index is 5.54. The molecule has 17 heavy (non-hydrogen) atoms. The van der Waals surface area contributed by atoms with Gasteiger partial charge < -0.3 is 4.74 Å². The lowest BCUT2D eigenvalue weighted by atomic mass is 9.99. The third-order valence-electron chi connectivity index (χ3n) is 3.71. The highest BCUT2D eigenvalue weighted by Gasteiger charge is 2.21. The molecule has 0 amide bonds. The normalized spacial score (nSPS) is 25.5. The molecule has 1 unspecified atom stereocenters. The van der Waals surface area contributed by atoms with Crippen LogP contribution < -0.4 is 0 Å². The second kappa shape index (κ2) is 5.10. The predicted molar refractivity (Wildman–Crippen MR) is 64.6 cm³/mol. The van der Waals surface area contributed by atoms with Crippen molar-refractivity contribution in [3.63, 3.8) is 0 Å². The van der Waals surface area contributed by atoms with Crippen molar-refractivity contribution in [2.24, 2.45) is 5.92 Å². The van der Waals surface area contributed by atoms with Crippen LogP contribution in [-0.2, 0) is 17.7 Å². The van der Waals surface area contributed by atoms with Gasteiger partial charge >= 0.3 is 0 Å². The summed E-state index contributed by atoms with van der Waals surface area (Å²) in [5.74, 6) is 0.718. The fraction of sp³-hybridized carbons (Fsp3) is 0.692. The zero-order valence-electron chi connectivity index (χ0n) is 10.1. The number of rotatable bonds is 2. The van der Waals surface area contributed by atoms with Crippen molar-refractivity contribution in [1.82, 2.24) is 14.9 Å². The van der Waals surface area contributed by atoms with Crippen molar-refractivity contribution in [2.45, 2.75) is 25.8 Å². The summed E-state index contributed by atoms with van der Waals surface area (Å²) in [6, 6.07) is 0. The second-order valence-electron chi connectivity index (χ2n) is 5.06. The Kier molecular flexibility index (Phi) is 3.34. The van der Waals surface area contributed by atoms with E-state index in [-0.39, 0.29) is 0 Å². The molecular formula is C13H19N3O. The Bertz CT molecular complexity index is 377. The number of hydrogen-bond donors (Lipinski definition) is 0. The van der Waals surface area contributed by atoms with E-state index in [4.69, 9.17) is 4.74 Å². The van der Waals surface area contributed by atoms with Crippen LogP contribution in [0.5, 0.6) is 0 Å². The molecule has 2 aliphatic heterocycles. The maximum Gasteiger partial charge on any atom is 0.115 e. The molecule has 1 saturated heterocycles. The Balaban J connectivity index is 1.60. The van der Waals surface area contributed by atoms with Crippen LogP contribution in [-0.4, -0.2) is 41.2 Å². The van der Waals surface area contributed by atoms with Crippen molar-refractivity contribution < 1.29 is 4.74 Å². The molecule has 0 saturated carbocycles. The Morgan fingerprint density at radius 1 is 1.47 bits per heavy atom. The highest BCUT2D eigenvalue weighted by atomic mass is 16.5. The van der Waals surface area contributed by atoms with Gasteiger partial charge in [-0.25, -0.2) is 9.97 Å². The molecule has 0 aliphatic carbocycles. The first-order valence-electron chi connectivity index (χ1n) is 6.49. The average Bonchev–Trinajstić information content (AvgIpc) is 2.40. The van der Waals surface area contributed by atoms with Crippen LogP contribution in [0.4, 0.5) is 0 Å². The Hall–Kier alpha value is -1.00. The summed E-state index contributed by atoms with van der Waals surface area (Å²) in [6.07, 6.45) is 7.22. The van der Waals surface area contributed by atoms with E-state index in [9.17, 15) is 0 Å². The lowest BCUT2D eigenvalue weighted by Gasteiger charge is -2.32. The highest BCUT2D eigenvalue weighted by molar-refractivity contribution is 5.18. The van der Waals surface area contributed by atoms with Gasteiger partial charge in [0.1, 0.15) is 6.33 Å². The van der Waals surface area contributed by atoms with E-state index in [0.717, 1.165) is 45.2 Å². The molecule has 1 aromatic heterocycles. The number of ether oxygens (including phenoxy) is 1. The zero-order valence-corrected chi connectivity index (χ0v) is 10.1. The standard InChI is InChI=1S/C13H19N3O/c1-2-11(9-17-5-1)7-16-4-3-13-12(8-16)6-14-10-15-13/h6,10-11H,1-5,7-9H2. The molecule has 1 fully saturated rings. The Labute approximate surface area is 102 Å². The van der Waals surface area contributed by atoms with Gasteiger partial charge in [0.25, 0.3) is 0 Å². The number of nitrogens with zero attached hydrogens (tertiary/aromatic N) is 3. The van der Waals surface area contributed by atoms with Gasteiger partial charge in [-0.3, -0.25) is 4.90 Å². The van der Waals surface area contributed by atoms with Crippen molar-refractivity contribution in [2.75, 3.05) is 26.3 Å². The van der Waals surface area contributed by atoms with Gasteiger partial charge in [0.15, 0.2) is 0 Å². The first-order chi connectivity index (χ1) is 8.42. The molecule has 0 spiro atoms. The van der Waals surface area contributed by atoms with Crippen molar-refractivity contribution in [3.05, 3.63) is 23.8 Å². The van der Waals surface area contributed by atoms with Gasteiger partial charge in [-0.15, -0.1) is 0 Å². The molecule has 92 valence electrons. The summed E-state index contributed by atoms with van der Waals surface area (Å²) in [4.78, 5) is 11.0. The van der Waals surface area contributed by atoms with Crippen molar-refractivity contribution in [1.29, 1.82) is 0 Å². The van der Waals surface area contributed by atoms with Crippen molar-refractivity contribution in [3.8, 4) is 0 Å². The molecule has 3 rings (SSSR count). The third-order valence-corrected chi connectivity index (χ3v) is 3.71. The smallest absolute Gasteiger partial charge is 0.115 e. The second-order valence-corrected chi connectivity index (χ2v) is 5.06. The van der Waals surface area contributed by atoms with E-state index < -0.39 is 0 Å². The SMILES string of the molecule is c1ncc2c(n1)CCN(CC1CCCOC1)C2. The summed E-state index contributed by atoms with van der Waals surface area (Å²) in [5, 5.41) is 0. The molecule has 3 heterocycles. The Morgan fingerprint density at radius 2 is 2.47 bits per heavy atom. The topological polar surface area (TPSA) is 38.2 Å². The summed E-state index contributed by atoms with van der Waals surface area (Å²) >= 11 is 0. The number of hydrogen-bond acceptors (Lipinski definition) is 4. The van der Waals surface area contributed by atoms with E-state index in [1.54, 1.807) is 6.33 Å². The minimum absolute atomic E-state index is 0.718.